The van der Waals surface area contributed by atoms with Gasteiger partial charge in [-0.3, -0.25) is 4.79 Å². The zero-order valence-electron chi connectivity index (χ0n) is 15.8. The van der Waals surface area contributed by atoms with Crippen molar-refractivity contribution < 1.29 is 23.5 Å². The summed E-state index contributed by atoms with van der Waals surface area (Å²) in [5, 5.41) is 0. The van der Waals surface area contributed by atoms with Crippen LogP contribution in [-0.2, 0) is 20.9 Å². The summed E-state index contributed by atoms with van der Waals surface area (Å²) < 4.78 is 15.7. The van der Waals surface area contributed by atoms with E-state index in [0.29, 0.717) is 23.8 Å². The van der Waals surface area contributed by atoms with Crippen LogP contribution in [0.15, 0.2) is 76.6 Å². The number of carbonyl (C=O) groups excluding carboxylic acids is 2. The maximum Gasteiger partial charge on any atom is 0.340 e. The number of nitrogens with zero attached hydrogens (tertiary/aromatic N) is 1. The molecule has 0 fully saturated rings. The van der Waals surface area contributed by atoms with Gasteiger partial charge >= 0.3 is 5.97 Å². The van der Waals surface area contributed by atoms with E-state index in [1.54, 1.807) is 49.6 Å². The van der Waals surface area contributed by atoms with Crippen LogP contribution < -0.4 is 4.74 Å². The van der Waals surface area contributed by atoms with Crippen molar-refractivity contribution in [3.05, 3.63) is 83.5 Å². The average Bonchev–Trinajstić information content (AvgIpc) is 3.30. The van der Waals surface area contributed by atoms with Crippen LogP contribution in [0.25, 0.3) is 6.08 Å². The predicted molar refractivity (Wildman–Crippen MR) is 104 cm³/mol. The van der Waals surface area contributed by atoms with E-state index in [9.17, 15) is 9.59 Å². The standard InChI is InChI=1S/C22H21NO5/c1-4-11-27-17-9-7-16(8-10-17)13-19-20(22(25)26-3)15(2)23(21(19)24)14-18-6-5-12-28-18/h4-10,12-13H,1,11,14H2,2-3H3/b19-13-. The molecule has 3 rings (SSSR count). The highest BCUT2D eigenvalue weighted by atomic mass is 16.5. The number of esters is 1. The van der Waals surface area contributed by atoms with E-state index < -0.39 is 5.97 Å². The summed E-state index contributed by atoms with van der Waals surface area (Å²) in [5.41, 5.74) is 1.84. The molecule has 1 aliphatic heterocycles. The van der Waals surface area contributed by atoms with Crippen molar-refractivity contribution in [2.45, 2.75) is 13.5 Å². The molecule has 28 heavy (non-hydrogen) atoms. The van der Waals surface area contributed by atoms with Crippen molar-refractivity contribution in [2.75, 3.05) is 13.7 Å². The molecule has 0 radical (unpaired) electrons. The lowest BCUT2D eigenvalue weighted by Gasteiger charge is -2.16. The summed E-state index contributed by atoms with van der Waals surface area (Å²) in [6.07, 6.45) is 4.89. The molecule has 0 saturated heterocycles. The van der Waals surface area contributed by atoms with Gasteiger partial charge in [-0.1, -0.05) is 24.8 Å². The zero-order chi connectivity index (χ0) is 20.1. The second-order valence-corrected chi connectivity index (χ2v) is 6.15. The van der Waals surface area contributed by atoms with Gasteiger partial charge in [-0.2, -0.15) is 0 Å². The highest BCUT2D eigenvalue weighted by Crippen LogP contribution is 2.33. The van der Waals surface area contributed by atoms with Gasteiger partial charge in [0.05, 0.1) is 31.1 Å². The Labute approximate surface area is 163 Å². The molecule has 0 N–H and O–H groups in total. The van der Waals surface area contributed by atoms with E-state index in [2.05, 4.69) is 6.58 Å². The van der Waals surface area contributed by atoms with Crippen LogP contribution in [0.3, 0.4) is 0 Å². The van der Waals surface area contributed by atoms with Gasteiger partial charge in [0, 0.05) is 5.70 Å². The first kappa shape index (κ1) is 19.2. The Morgan fingerprint density at radius 3 is 2.61 bits per heavy atom. The second kappa shape index (κ2) is 8.43. The number of ether oxygens (including phenoxy) is 2. The molecule has 1 aliphatic rings. The Bertz CT molecular complexity index is 936. The molecular weight excluding hydrogens is 358 g/mol. The number of hydrogen-bond acceptors (Lipinski definition) is 5. The second-order valence-electron chi connectivity index (χ2n) is 6.15. The van der Waals surface area contributed by atoms with Gasteiger partial charge in [-0.25, -0.2) is 4.79 Å². The number of amides is 1. The summed E-state index contributed by atoms with van der Waals surface area (Å²) in [6.45, 7) is 5.99. The first-order valence-corrected chi connectivity index (χ1v) is 8.74. The fourth-order valence-corrected chi connectivity index (χ4v) is 2.96. The van der Waals surface area contributed by atoms with Crippen molar-refractivity contribution >= 4 is 18.0 Å². The first-order valence-electron chi connectivity index (χ1n) is 8.74. The smallest absolute Gasteiger partial charge is 0.340 e. The molecule has 0 spiro atoms. The monoisotopic (exact) mass is 379 g/mol. The van der Waals surface area contributed by atoms with Crippen molar-refractivity contribution in [1.29, 1.82) is 0 Å². The summed E-state index contributed by atoms with van der Waals surface area (Å²) in [6, 6.07) is 10.8. The third-order valence-corrected chi connectivity index (χ3v) is 4.35. The van der Waals surface area contributed by atoms with Gasteiger partial charge in [0.25, 0.3) is 5.91 Å². The number of hydrogen-bond donors (Lipinski definition) is 0. The third-order valence-electron chi connectivity index (χ3n) is 4.35. The molecule has 6 nitrogen and oxygen atoms in total. The molecule has 0 atom stereocenters. The van der Waals surface area contributed by atoms with E-state index in [-0.39, 0.29) is 23.6 Å². The predicted octanol–water partition coefficient (Wildman–Crippen LogP) is 3.72. The van der Waals surface area contributed by atoms with E-state index >= 15 is 0 Å². The Kier molecular flexibility index (Phi) is 5.79. The average molecular weight is 379 g/mol. The highest BCUT2D eigenvalue weighted by Gasteiger charge is 2.37. The largest absolute Gasteiger partial charge is 0.490 e. The van der Waals surface area contributed by atoms with Crippen LogP contribution in [0.5, 0.6) is 5.75 Å². The fourth-order valence-electron chi connectivity index (χ4n) is 2.96. The maximum absolute atomic E-state index is 13.0. The zero-order valence-corrected chi connectivity index (χ0v) is 15.8. The van der Waals surface area contributed by atoms with Crippen LogP contribution >= 0.6 is 0 Å². The maximum atomic E-state index is 13.0. The van der Waals surface area contributed by atoms with Gasteiger partial charge in [0.2, 0.25) is 0 Å². The van der Waals surface area contributed by atoms with Crippen molar-refractivity contribution in [1.82, 2.24) is 4.90 Å². The molecule has 1 amide bonds. The molecule has 0 unspecified atom stereocenters. The van der Waals surface area contributed by atoms with Crippen LogP contribution in [0.1, 0.15) is 18.2 Å². The van der Waals surface area contributed by atoms with Gasteiger partial charge < -0.3 is 18.8 Å². The number of rotatable bonds is 7. The molecule has 144 valence electrons. The molecule has 0 aliphatic carbocycles. The Morgan fingerprint density at radius 2 is 2.00 bits per heavy atom. The molecule has 2 heterocycles. The summed E-state index contributed by atoms with van der Waals surface area (Å²) >= 11 is 0. The van der Waals surface area contributed by atoms with E-state index in [4.69, 9.17) is 13.9 Å². The van der Waals surface area contributed by atoms with E-state index in [1.807, 2.05) is 12.1 Å². The van der Waals surface area contributed by atoms with Crippen LogP contribution in [0.2, 0.25) is 0 Å². The normalized spacial score (nSPS) is 15.3. The number of allylic oxidation sites excluding steroid dienone is 1. The number of methoxy groups -OCH3 is 1. The highest BCUT2D eigenvalue weighted by molar-refractivity contribution is 6.16. The van der Waals surface area contributed by atoms with Gasteiger partial charge in [-0.15, -0.1) is 0 Å². The van der Waals surface area contributed by atoms with Gasteiger partial charge in [0.15, 0.2) is 0 Å². The lowest BCUT2D eigenvalue weighted by Crippen LogP contribution is -2.24. The van der Waals surface area contributed by atoms with Crippen molar-refractivity contribution in [3.63, 3.8) is 0 Å². The topological polar surface area (TPSA) is 69.0 Å². The van der Waals surface area contributed by atoms with Gasteiger partial charge in [-0.05, 0) is 42.8 Å². The molecule has 6 heteroatoms. The minimum Gasteiger partial charge on any atom is -0.490 e. The Balaban J connectivity index is 1.93. The summed E-state index contributed by atoms with van der Waals surface area (Å²) in [4.78, 5) is 26.9. The summed E-state index contributed by atoms with van der Waals surface area (Å²) in [7, 11) is 1.30. The molecular formula is C22H21NO5. The number of furan rings is 1. The summed E-state index contributed by atoms with van der Waals surface area (Å²) in [5.74, 6) is 0.493. The molecule has 1 aromatic carbocycles. The molecule has 0 saturated carbocycles. The molecule has 0 bridgehead atoms. The van der Waals surface area contributed by atoms with Crippen molar-refractivity contribution in [3.8, 4) is 5.75 Å². The SMILES string of the molecule is C=CCOc1ccc(/C=C2\C(=O)N(Cc3ccco3)C(C)=C2C(=O)OC)cc1. The lowest BCUT2D eigenvalue weighted by atomic mass is 10.0. The number of carbonyl (C=O) groups is 2. The van der Waals surface area contributed by atoms with E-state index in [1.165, 1.54) is 12.0 Å². The Morgan fingerprint density at radius 1 is 1.25 bits per heavy atom. The third kappa shape index (κ3) is 3.91. The quantitative estimate of drug-likeness (QED) is 0.417. The van der Waals surface area contributed by atoms with Crippen molar-refractivity contribution in [2.24, 2.45) is 0 Å². The molecule has 2 aromatic rings. The Hall–Kier alpha value is -3.54. The van der Waals surface area contributed by atoms with E-state index in [0.717, 1.165) is 5.56 Å². The number of benzene rings is 1. The van der Waals surface area contributed by atoms with Crippen LogP contribution in [0, 0.1) is 0 Å². The van der Waals surface area contributed by atoms with Crippen LogP contribution in [0.4, 0.5) is 0 Å². The lowest BCUT2D eigenvalue weighted by molar-refractivity contribution is -0.136. The first-order chi connectivity index (χ1) is 13.5. The van der Waals surface area contributed by atoms with Crippen LogP contribution in [-0.4, -0.2) is 30.5 Å². The minimum atomic E-state index is -0.551. The fraction of sp³-hybridized carbons (Fsp3) is 0.182. The molecule has 1 aromatic heterocycles. The van der Waals surface area contributed by atoms with Gasteiger partial charge in [0.1, 0.15) is 18.1 Å². The minimum absolute atomic E-state index is 0.240.